The molecule has 0 unspecified atom stereocenters. The predicted octanol–water partition coefficient (Wildman–Crippen LogP) is 2.09. The van der Waals surface area contributed by atoms with Crippen LogP contribution < -0.4 is 10.2 Å². The van der Waals surface area contributed by atoms with Gasteiger partial charge in [-0.05, 0) is 30.4 Å². The largest absolute Gasteiger partial charge is 0.341 e. The van der Waals surface area contributed by atoms with Crippen LogP contribution in [0.25, 0.3) is 5.69 Å². The second kappa shape index (κ2) is 5.19. The molecular formula is C17H22N4. The summed E-state index contributed by atoms with van der Waals surface area (Å²) in [5.41, 5.74) is 2.37. The fourth-order valence-corrected chi connectivity index (χ4v) is 3.61. The molecule has 1 aromatic heterocycles. The fourth-order valence-electron chi connectivity index (χ4n) is 3.61. The molecule has 0 spiro atoms. The normalized spacial score (nSPS) is 24.5. The van der Waals surface area contributed by atoms with Gasteiger partial charge in [0.05, 0.1) is 5.69 Å². The summed E-state index contributed by atoms with van der Waals surface area (Å²) in [6, 6.07) is 10.6. The monoisotopic (exact) mass is 282 g/mol. The minimum atomic E-state index is 0.788. The standard InChI is InChI=1S/C17H22N4/c1-2-15-12-21(16-6-4-3-5-7-16)17(19-15)20-10-13-8-18-9-14(13)11-20/h3-7,12-14,18H,2,8-11H2,1H3/t13-,14+. The van der Waals surface area contributed by atoms with Crippen LogP contribution in [0.15, 0.2) is 36.5 Å². The predicted molar refractivity (Wildman–Crippen MR) is 85.0 cm³/mol. The van der Waals surface area contributed by atoms with Crippen LogP contribution in [-0.2, 0) is 6.42 Å². The molecule has 2 fully saturated rings. The zero-order chi connectivity index (χ0) is 14.2. The van der Waals surface area contributed by atoms with Crippen LogP contribution in [0, 0.1) is 11.8 Å². The average Bonchev–Trinajstić information content (AvgIpc) is 3.21. The van der Waals surface area contributed by atoms with Gasteiger partial charge in [0, 0.05) is 38.1 Å². The average molecular weight is 282 g/mol. The zero-order valence-electron chi connectivity index (χ0n) is 12.5. The van der Waals surface area contributed by atoms with Crippen LogP contribution in [0.3, 0.4) is 0 Å². The molecule has 2 aliphatic rings. The SMILES string of the molecule is CCc1cn(-c2ccccc2)c(N2C[C@H]3CNC[C@H]3C2)n1. The number of aromatic nitrogens is 2. The molecule has 110 valence electrons. The van der Waals surface area contributed by atoms with E-state index >= 15 is 0 Å². The Hall–Kier alpha value is -1.81. The van der Waals surface area contributed by atoms with Gasteiger partial charge >= 0.3 is 0 Å². The Bertz CT molecular complexity index is 607. The van der Waals surface area contributed by atoms with E-state index in [1.165, 1.54) is 11.4 Å². The number of para-hydroxylation sites is 1. The summed E-state index contributed by atoms with van der Waals surface area (Å²) in [6.07, 6.45) is 3.17. The Morgan fingerprint density at radius 3 is 2.52 bits per heavy atom. The van der Waals surface area contributed by atoms with Crippen LogP contribution in [0.2, 0.25) is 0 Å². The first-order valence-electron chi connectivity index (χ1n) is 7.94. The Balaban J connectivity index is 1.70. The van der Waals surface area contributed by atoms with E-state index in [-0.39, 0.29) is 0 Å². The van der Waals surface area contributed by atoms with Crippen molar-refractivity contribution in [3.63, 3.8) is 0 Å². The highest BCUT2D eigenvalue weighted by atomic mass is 15.3. The Labute approximate surface area is 125 Å². The van der Waals surface area contributed by atoms with Gasteiger partial charge in [-0.1, -0.05) is 25.1 Å². The molecule has 2 aliphatic heterocycles. The maximum Gasteiger partial charge on any atom is 0.210 e. The van der Waals surface area contributed by atoms with Gasteiger partial charge in [-0.15, -0.1) is 0 Å². The molecule has 4 heteroatoms. The highest BCUT2D eigenvalue weighted by molar-refractivity contribution is 5.46. The van der Waals surface area contributed by atoms with Crippen LogP contribution in [0.1, 0.15) is 12.6 Å². The summed E-state index contributed by atoms with van der Waals surface area (Å²) >= 11 is 0. The molecule has 0 saturated carbocycles. The van der Waals surface area contributed by atoms with E-state index in [0.717, 1.165) is 50.4 Å². The lowest BCUT2D eigenvalue weighted by molar-refractivity contribution is 0.533. The molecule has 2 saturated heterocycles. The number of benzene rings is 1. The Morgan fingerprint density at radius 2 is 1.86 bits per heavy atom. The first-order valence-corrected chi connectivity index (χ1v) is 7.94. The second-order valence-electron chi connectivity index (χ2n) is 6.17. The zero-order valence-corrected chi connectivity index (χ0v) is 12.5. The number of anilines is 1. The quantitative estimate of drug-likeness (QED) is 0.936. The summed E-state index contributed by atoms with van der Waals surface area (Å²) in [5.74, 6) is 2.69. The number of fused-ring (bicyclic) bond motifs is 1. The number of hydrogen-bond acceptors (Lipinski definition) is 3. The van der Waals surface area contributed by atoms with Crippen LogP contribution in [-0.4, -0.2) is 35.7 Å². The maximum atomic E-state index is 4.88. The summed E-state index contributed by atoms with van der Waals surface area (Å²) in [5, 5.41) is 3.51. The van der Waals surface area contributed by atoms with Gasteiger partial charge in [-0.2, -0.15) is 0 Å². The summed E-state index contributed by atoms with van der Waals surface area (Å²) in [7, 11) is 0. The highest BCUT2D eigenvalue weighted by Crippen LogP contribution is 2.31. The first kappa shape index (κ1) is 12.9. The number of rotatable bonds is 3. The number of imidazole rings is 1. The second-order valence-corrected chi connectivity index (χ2v) is 6.17. The van der Waals surface area contributed by atoms with E-state index in [2.05, 4.69) is 58.2 Å². The van der Waals surface area contributed by atoms with Gasteiger partial charge in [0.15, 0.2) is 0 Å². The van der Waals surface area contributed by atoms with Gasteiger partial charge in [0.2, 0.25) is 5.95 Å². The molecule has 4 nitrogen and oxygen atoms in total. The van der Waals surface area contributed by atoms with Crippen molar-refractivity contribution in [2.75, 3.05) is 31.1 Å². The number of hydrogen-bond donors (Lipinski definition) is 1. The number of nitrogens with one attached hydrogen (secondary N) is 1. The summed E-state index contributed by atoms with van der Waals surface area (Å²) in [6.45, 7) is 6.75. The molecule has 0 amide bonds. The molecular weight excluding hydrogens is 260 g/mol. The molecule has 0 aliphatic carbocycles. The minimum absolute atomic E-state index is 0.788. The lowest BCUT2D eigenvalue weighted by atomic mass is 10.0. The first-order chi connectivity index (χ1) is 10.3. The lowest BCUT2D eigenvalue weighted by Gasteiger charge is -2.20. The minimum Gasteiger partial charge on any atom is -0.341 e. The summed E-state index contributed by atoms with van der Waals surface area (Å²) in [4.78, 5) is 7.36. The smallest absolute Gasteiger partial charge is 0.210 e. The van der Waals surface area contributed by atoms with Crippen molar-refractivity contribution in [1.29, 1.82) is 0 Å². The lowest BCUT2D eigenvalue weighted by Crippen LogP contribution is -2.27. The van der Waals surface area contributed by atoms with Crippen molar-refractivity contribution in [3.05, 3.63) is 42.2 Å². The highest BCUT2D eigenvalue weighted by Gasteiger charge is 2.37. The third-order valence-electron chi connectivity index (χ3n) is 4.81. The van der Waals surface area contributed by atoms with Gasteiger partial charge in [0.1, 0.15) is 0 Å². The molecule has 4 rings (SSSR count). The molecule has 2 atom stereocenters. The van der Waals surface area contributed by atoms with Gasteiger partial charge in [-0.3, -0.25) is 4.57 Å². The van der Waals surface area contributed by atoms with Crippen molar-refractivity contribution >= 4 is 5.95 Å². The van der Waals surface area contributed by atoms with E-state index in [0.29, 0.717) is 0 Å². The van der Waals surface area contributed by atoms with E-state index < -0.39 is 0 Å². The van der Waals surface area contributed by atoms with Crippen LogP contribution >= 0.6 is 0 Å². The van der Waals surface area contributed by atoms with E-state index in [4.69, 9.17) is 4.98 Å². The van der Waals surface area contributed by atoms with Gasteiger partial charge in [-0.25, -0.2) is 4.98 Å². The molecule has 1 N–H and O–H groups in total. The van der Waals surface area contributed by atoms with E-state index in [9.17, 15) is 0 Å². The molecule has 21 heavy (non-hydrogen) atoms. The van der Waals surface area contributed by atoms with Crippen molar-refractivity contribution < 1.29 is 0 Å². The van der Waals surface area contributed by atoms with Crippen LogP contribution in [0.4, 0.5) is 5.95 Å². The summed E-state index contributed by atoms with van der Waals surface area (Å²) < 4.78 is 2.26. The van der Waals surface area contributed by atoms with Crippen molar-refractivity contribution in [2.45, 2.75) is 13.3 Å². The maximum absolute atomic E-state index is 4.88. The third-order valence-corrected chi connectivity index (χ3v) is 4.81. The fraction of sp³-hybridized carbons (Fsp3) is 0.471. The van der Waals surface area contributed by atoms with Gasteiger partial charge in [0.25, 0.3) is 0 Å². The number of nitrogens with zero attached hydrogens (tertiary/aromatic N) is 3. The van der Waals surface area contributed by atoms with Crippen molar-refractivity contribution in [1.82, 2.24) is 14.9 Å². The molecule has 3 heterocycles. The topological polar surface area (TPSA) is 33.1 Å². The third kappa shape index (κ3) is 2.23. The molecule has 0 radical (unpaired) electrons. The molecule has 0 bridgehead atoms. The van der Waals surface area contributed by atoms with E-state index in [1.807, 2.05) is 0 Å². The number of aryl methyl sites for hydroxylation is 1. The van der Waals surface area contributed by atoms with Gasteiger partial charge < -0.3 is 10.2 Å². The van der Waals surface area contributed by atoms with Crippen molar-refractivity contribution in [2.24, 2.45) is 11.8 Å². The molecule has 1 aromatic carbocycles. The van der Waals surface area contributed by atoms with E-state index in [1.54, 1.807) is 0 Å². The Kier molecular flexibility index (Phi) is 3.19. The molecule has 2 aromatic rings. The van der Waals surface area contributed by atoms with Crippen LogP contribution in [0.5, 0.6) is 0 Å². The van der Waals surface area contributed by atoms with Crippen molar-refractivity contribution in [3.8, 4) is 5.69 Å². The Morgan fingerprint density at radius 1 is 1.14 bits per heavy atom.